The van der Waals surface area contributed by atoms with Crippen molar-refractivity contribution in [3.63, 3.8) is 0 Å². The summed E-state index contributed by atoms with van der Waals surface area (Å²) in [4.78, 5) is 23.4. The third-order valence-electron chi connectivity index (χ3n) is 7.49. The maximum atomic E-state index is 6.22. The number of nitrogens with zero attached hydrogens (tertiary/aromatic N) is 5. The molecule has 0 aliphatic rings. The van der Waals surface area contributed by atoms with E-state index >= 15 is 0 Å². The van der Waals surface area contributed by atoms with Crippen LogP contribution in [-0.2, 0) is 0 Å². The molecule has 6 nitrogen and oxygen atoms in total. The van der Waals surface area contributed by atoms with Gasteiger partial charge in [-0.3, -0.25) is 0 Å². The molecule has 0 saturated heterocycles. The zero-order valence-electron chi connectivity index (χ0n) is 22.9. The summed E-state index contributed by atoms with van der Waals surface area (Å²) in [5.74, 6) is 1.83. The summed E-state index contributed by atoms with van der Waals surface area (Å²) in [6.45, 7) is 0. The quantitative estimate of drug-likeness (QED) is 0.212. The van der Waals surface area contributed by atoms with Crippen molar-refractivity contribution in [2.24, 2.45) is 0 Å². The Bertz CT molecular complexity index is 2240. The smallest absolute Gasteiger partial charge is 0.172 e. The molecule has 0 bridgehead atoms. The minimum atomic E-state index is 0.596. The molecular weight excluding hydrogens is 530 g/mol. The number of rotatable bonds is 5. The van der Waals surface area contributed by atoms with Crippen LogP contribution in [0.15, 0.2) is 144 Å². The monoisotopic (exact) mass is 553 g/mol. The van der Waals surface area contributed by atoms with Gasteiger partial charge in [-0.2, -0.15) is 0 Å². The number of furan rings is 1. The standard InChI is InChI=1S/C37H23N5O/c1-3-10-24(11-4-1)26-14-7-16-28(20-26)36-40-35(25-12-5-2-6-13-25)41-37(42-36)29-17-8-15-27(21-29)30-18-9-19-31-33-32(43-34(30)31)22-38-23-39-33/h1-23H. The predicted octanol–water partition coefficient (Wildman–Crippen LogP) is 8.90. The summed E-state index contributed by atoms with van der Waals surface area (Å²) in [5.41, 5.74) is 9.16. The van der Waals surface area contributed by atoms with E-state index in [2.05, 4.69) is 52.4 Å². The zero-order valence-corrected chi connectivity index (χ0v) is 22.9. The lowest BCUT2D eigenvalue weighted by Gasteiger charge is -2.10. The Labute approximate surface area is 247 Å². The van der Waals surface area contributed by atoms with Crippen molar-refractivity contribution in [2.45, 2.75) is 0 Å². The molecule has 3 aromatic heterocycles. The van der Waals surface area contributed by atoms with Gasteiger partial charge in [0.25, 0.3) is 0 Å². The Morgan fingerprint density at radius 2 is 1.02 bits per heavy atom. The summed E-state index contributed by atoms with van der Waals surface area (Å²) in [7, 11) is 0. The number of aromatic nitrogens is 5. The van der Waals surface area contributed by atoms with Gasteiger partial charge >= 0.3 is 0 Å². The number of benzene rings is 5. The molecule has 0 saturated carbocycles. The molecule has 3 heterocycles. The van der Waals surface area contributed by atoms with Crippen LogP contribution in [-0.4, -0.2) is 24.9 Å². The van der Waals surface area contributed by atoms with Gasteiger partial charge in [0.1, 0.15) is 17.4 Å². The molecule has 0 spiro atoms. The van der Waals surface area contributed by atoms with Crippen LogP contribution in [0.3, 0.4) is 0 Å². The van der Waals surface area contributed by atoms with Gasteiger partial charge in [-0.25, -0.2) is 24.9 Å². The molecule has 6 heteroatoms. The SMILES string of the molecule is c1ccc(-c2cccc(-c3nc(-c4ccccc4)nc(-c4cccc(-c5cccc6c5oc5cncnc56)c4)n3)c2)cc1. The van der Waals surface area contributed by atoms with E-state index in [-0.39, 0.29) is 0 Å². The van der Waals surface area contributed by atoms with Gasteiger partial charge in [-0.15, -0.1) is 0 Å². The third-order valence-corrected chi connectivity index (χ3v) is 7.49. The Hall–Kier alpha value is -6.01. The average Bonchev–Trinajstić information content (AvgIpc) is 3.48. The molecule has 0 aliphatic carbocycles. The summed E-state index contributed by atoms with van der Waals surface area (Å²) in [6.07, 6.45) is 3.25. The number of para-hydroxylation sites is 1. The predicted molar refractivity (Wildman–Crippen MR) is 170 cm³/mol. The van der Waals surface area contributed by atoms with Crippen molar-refractivity contribution in [3.05, 3.63) is 140 Å². The molecular formula is C37H23N5O. The molecule has 202 valence electrons. The van der Waals surface area contributed by atoms with Gasteiger partial charge in [0.2, 0.25) is 0 Å². The highest BCUT2D eigenvalue weighted by atomic mass is 16.3. The van der Waals surface area contributed by atoms with Gasteiger partial charge in [-0.05, 0) is 34.9 Å². The highest BCUT2D eigenvalue weighted by Crippen LogP contribution is 2.36. The molecule has 0 atom stereocenters. The molecule has 0 fully saturated rings. The first-order chi connectivity index (χ1) is 21.3. The van der Waals surface area contributed by atoms with E-state index < -0.39 is 0 Å². The third kappa shape index (κ3) is 4.61. The van der Waals surface area contributed by atoms with Crippen molar-refractivity contribution >= 4 is 22.1 Å². The first-order valence-corrected chi connectivity index (χ1v) is 14.0. The van der Waals surface area contributed by atoms with E-state index in [1.165, 1.54) is 0 Å². The van der Waals surface area contributed by atoms with Gasteiger partial charge < -0.3 is 4.42 Å². The molecule has 0 N–H and O–H groups in total. The largest absolute Gasteiger partial charge is 0.452 e. The second kappa shape index (κ2) is 10.4. The molecule has 8 aromatic rings. The second-order valence-corrected chi connectivity index (χ2v) is 10.2. The Kier molecular flexibility index (Phi) is 6.01. The first-order valence-electron chi connectivity index (χ1n) is 14.0. The molecule has 0 radical (unpaired) electrons. The zero-order chi connectivity index (χ0) is 28.6. The van der Waals surface area contributed by atoms with Crippen molar-refractivity contribution < 1.29 is 4.42 Å². The summed E-state index contributed by atoms with van der Waals surface area (Å²) in [6, 6.07) is 43.0. The van der Waals surface area contributed by atoms with Crippen LogP contribution in [0.25, 0.3) is 78.5 Å². The average molecular weight is 554 g/mol. The minimum absolute atomic E-state index is 0.596. The Balaban J connectivity index is 1.28. The highest BCUT2D eigenvalue weighted by Gasteiger charge is 2.16. The summed E-state index contributed by atoms with van der Waals surface area (Å²) >= 11 is 0. The maximum absolute atomic E-state index is 6.22. The fraction of sp³-hybridized carbons (Fsp3) is 0. The van der Waals surface area contributed by atoms with E-state index in [9.17, 15) is 0 Å². The summed E-state index contributed by atoms with van der Waals surface area (Å²) in [5, 5.41) is 0.951. The first kappa shape index (κ1) is 24.8. The van der Waals surface area contributed by atoms with Gasteiger partial charge in [0, 0.05) is 27.6 Å². The topological polar surface area (TPSA) is 77.6 Å². The molecule has 8 rings (SSSR count). The van der Waals surface area contributed by atoms with Gasteiger partial charge in [0.05, 0.1) is 6.20 Å². The van der Waals surface area contributed by atoms with Crippen LogP contribution in [0, 0.1) is 0 Å². The highest BCUT2D eigenvalue weighted by molar-refractivity contribution is 6.07. The normalized spacial score (nSPS) is 11.3. The van der Waals surface area contributed by atoms with Crippen LogP contribution in [0.4, 0.5) is 0 Å². The van der Waals surface area contributed by atoms with E-state index in [4.69, 9.17) is 19.4 Å². The Morgan fingerprint density at radius 3 is 1.74 bits per heavy atom. The van der Waals surface area contributed by atoms with Crippen molar-refractivity contribution in [2.75, 3.05) is 0 Å². The Morgan fingerprint density at radius 1 is 0.465 bits per heavy atom. The number of hydrogen-bond acceptors (Lipinski definition) is 6. The number of fused-ring (bicyclic) bond motifs is 3. The lowest BCUT2D eigenvalue weighted by Crippen LogP contribution is -2.00. The number of hydrogen-bond donors (Lipinski definition) is 0. The van der Waals surface area contributed by atoms with E-state index in [1.807, 2.05) is 84.9 Å². The fourth-order valence-electron chi connectivity index (χ4n) is 5.41. The second-order valence-electron chi connectivity index (χ2n) is 10.2. The molecule has 0 amide bonds. The van der Waals surface area contributed by atoms with E-state index in [0.717, 1.165) is 55.4 Å². The van der Waals surface area contributed by atoms with Crippen LogP contribution < -0.4 is 0 Å². The molecule has 0 unspecified atom stereocenters. The van der Waals surface area contributed by atoms with Crippen LogP contribution >= 0.6 is 0 Å². The fourth-order valence-corrected chi connectivity index (χ4v) is 5.41. The van der Waals surface area contributed by atoms with Crippen molar-refractivity contribution in [1.82, 2.24) is 24.9 Å². The van der Waals surface area contributed by atoms with Crippen LogP contribution in [0.5, 0.6) is 0 Å². The molecule has 0 aliphatic heterocycles. The van der Waals surface area contributed by atoms with Crippen LogP contribution in [0.2, 0.25) is 0 Å². The van der Waals surface area contributed by atoms with Gasteiger partial charge in [0.15, 0.2) is 23.1 Å². The summed E-state index contributed by atoms with van der Waals surface area (Å²) < 4.78 is 6.22. The van der Waals surface area contributed by atoms with Crippen molar-refractivity contribution in [1.29, 1.82) is 0 Å². The minimum Gasteiger partial charge on any atom is -0.452 e. The van der Waals surface area contributed by atoms with E-state index in [0.29, 0.717) is 23.1 Å². The molecule has 43 heavy (non-hydrogen) atoms. The van der Waals surface area contributed by atoms with Crippen molar-refractivity contribution in [3.8, 4) is 56.4 Å². The van der Waals surface area contributed by atoms with Crippen LogP contribution in [0.1, 0.15) is 0 Å². The molecule has 5 aromatic carbocycles. The van der Waals surface area contributed by atoms with E-state index in [1.54, 1.807) is 12.5 Å². The maximum Gasteiger partial charge on any atom is 0.172 e. The van der Waals surface area contributed by atoms with Gasteiger partial charge in [-0.1, -0.05) is 109 Å². The lowest BCUT2D eigenvalue weighted by atomic mass is 10.0. The lowest BCUT2D eigenvalue weighted by molar-refractivity contribution is 0.666.